The highest BCUT2D eigenvalue weighted by molar-refractivity contribution is 6.33. The number of aryl methyl sites for hydroxylation is 1. The Labute approximate surface area is 172 Å². The molecule has 146 valence electrons. The van der Waals surface area contributed by atoms with Crippen LogP contribution < -0.4 is 10.6 Å². The number of amides is 2. The van der Waals surface area contributed by atoms with E-state index in [1.807, 2.05) is 47.9 Å². The highest BCUT2D eigenvalue weighted by Crippen LogP contribution is 2.23. The fourth-order valence-electron chi connectivity index (χ4n) is 3.06. The number of rotatable bonds is 5. The summed E-state index contributed by atoms with van der Waals surface area (Å²) in [6.45, 7) is 2.86. The molecule has 7 nitrogen and oxygen atoms in total. The molecular formula is C21H19ClN6O. The number of halogens is 1. The van der Waals surface area contributed by atoms with Crippen LogP contribution in [0.4, 0.5) is 10.5 Å². The van der Waals surface area contributed by atoms with Crippen molar-refractivity contribution in [1.82, 2.24) is 24.8 Å². The number of carbonyl (C=O) groups excluding carboxylic acids is 1. The third-order valence-electron chi connectivity index (χ3n) is 4.44. The molecule has 0 spiro atoms. The van der Waals surface area contributed by atoms with Gasteiger partial charge in [0.2, 0.25) is 0 Å². The lowest BCUT2D eigenvalue weighted by Crippen LogP contribution is -2.31. The zero-order valence-electron chi connectivity index (χ0n) is 15.8. The van der Waals surface area contributed by atoms with Crippen LogP contribution in [0.15, 0.2) is 61.1 Å². The Morgan fingerprint density at radius 3 is 2.76 bits per heavy atom. The highest BCUT2D eigenvalue weighted by Gasteiger charge is 2.13. The van der Waals surface area contributed by atoms with Crippen LogP contribution in [-0.2, 0) is 6.54 Å². The average molecular weight is 407 g/mol. The van der Waals surface area contributed by atoms with E-state index in [9.17, 15) is 4.79 Å². The van der Waals surface area contributed by atoms with Crippen molar-refractivity contribution in [2.24, 2.45) is 0 Å². The van der Waals surface area contributed by atoms with Crippen LogP contribution in [-0.4, -0.2) is 32.1 Å². The Hall–Kier alpha value is -3.45. The third-order valence-corrected chi connectivity index (χ3v) is 4.75. The lowest BCUT2D eigenvalue weighted by molar-refractivity contribution is 0.251. The van der Waals surface area contributed by atoms with E-state index in [1.54, 1.807) is 24.7 Å². The third kappa shape index (κ3) is 4.20. The molecule has 29 heavy (non-hydrogen) atoms. The fraction of sp³-hybridized carbons (Fsp3) is 0.143. The molecule has 0 saturated heterocycles. The summed E-state index contributed by atoms with van der Waals surface area (Å²) in [5.74, 6) is 0.782. The first-order chi connectivity index (χ1) is 14.1. The topological polar surface area (TPSA) is 84.7 Å². The standard InChI is InChI=1S/C21H19ClN6O/c1-14-4-5-17(16(22)13-14)27-21(29)25-11-12-28-19(15-6-9-23-10-7-15)26-18-3-2-8-24-20(18)28/h2-10,13H,11-12H2,1H3,(H2,25,27,29). The van der Waals surface area contributed by atoms with Gasteiger partial charge in [-0.3, -0.25) is 4.98 Å². The molecule has 4 rings (SSSR count). The minimum absolute atomic E-state index is 0.321. The van der Waals surface area contributed by atoms with Crippen molar-refractivity contribution in [2.75, 3.05) is 11.9 Å². The predicted octanol–water partition coefficient (Wildman–Crippen LogP) is 4.28. The van der Waals surface area contributed by atoms with Crippen molar-refractivity contribution < 1.29 is 4.79 Å². The summed E-state index contributed by atoms with van der Waals surface area (Å²) in [4.78, 5) is 25.5. The van der Waals surface area contributed by atoms with Gasteiger partial charge in [0.1, 0.15) is 11.3 Å². The molecule has 0 aliphatic rings. The average Bonchev–Trinajstić information content (AvgIpc) is 3.10. The Morgan fingerprint density at radius 2 is 1.97 bits per heavy atom. The van der Waals surface area contributed by atoms with E-state index < -0.39 is 0 Å². The summed E-state index contributed by atoms with van der Waals surface area (Å²) in [5.41, 5.74) is 4.11. The van der Waals surface area contributed by atoms with E-state index in [4.69, 9.17) is 16.6 Å². The molecule has 3 aromatic heterocycles. The second-order valence-electron chi connectivity index (χ2n) is 6.53. The van der Waals surface area contributed by atoms with Crippen molar-refractivity contribution in [2.45, 2.75) is 13.5 Å². The normalized spacial score (nSPS) is 10.8. The lowest BCUT2D eigenvalue weighted by Gasteiger charge is -2.12. The van der Waals surface area contributed by atoms with Crippen LogP contribution in [0.2, 0.25) is 5.02 Å². The Bertz CT molecular complexity index is 1160. The second-order valence-corrected chi connectivity index (χ2v) is 6.94. The largest absolute Gasteiger partial charge is 0.336 e. The molecule has 0 bridgehead atoms. The van der Waals surface area contributed by atoms with Gasteiger partial charge in [-0.1, -0.05) is 17.7 Å². The SMILES string of the molecule is Cc1ccc(NC(=O)NCCn2c(-c3ccncc3)nc3cccnc32)c(Cl)c1. The number of carbonyl (C=O) groups is 1. The summed E-state index contributed by atoms with van der Waals surface area (Å²) in [7, 11) is 0. The smallest absolute Gasteiger partial charge is 0.319 e. The van der Waals surface area contributed by atoms with Crippen LogP contribution in [0, 0.1) is 6.92 Å². The number of aromatic nitrogens is 4. The summed E-state index contributed by atoms with van der Waals surface area (Å²) in [6.07, 6.45) is 5.18. The van der Waals surface area contributed by atoms with Gasteiger partial charge >= 0.3 is 6.03 Å². The lowest BCUT2D eigenvalue weighted by atomic mass is 10.2. The van der Waals surface area contributed by atoms with Gasteiger partial charge in [0.05, 0.1) is 10.7 Å². The van der Waals surface area contributed by atoms with Crippen molar-refractivity contribution >= 4 is 34.5 Å². The Balaban J connectivity index is 1.49. The van der Waals surface area contributed by atoms with Gasteiger partial charge in [0.15, 0.2) is 5.65 Å². The quantitative estimate of drug-likeness (QED) is 0.518. The maximum Gasteiger partial charge on any atom is 0.319 e. The summed E-state index contributed by atoms with van der Waals surface area (Å²) < 4.78 is 1.99. The van der Waals surface area contributed by atoms with Crippen LogP contribution in [0.5, 0.6) is 0 Å². The molecule has 0 radical (unpaired) electrons. The van der Waals surface area contributed by atoms with Crippen LogP contribution in [0.1, 0.15) is 5.56 Å². The van der Waals surface area contributed by atoms with Crippen LogP contribution in [0.25, 0.3) is 22.6 Å². The van der Waals surface area contributed by atoms with Crippen molar-refractivity contribution in [3.05, 3.63) is 71.6 Å². The first-order valence-electron chi connectivity index (χ1n) is 9.14. The molecule has 8 heteroatoms. The van der Waals surface area contributed by atoms with Gasteiger partial charge in [0.25, 0.3) is 0 Å². The molecule has 0 saturated carbocycles. The van der Waals surface area contributed by atoms with E-state index in [0.29, 0.717) is 23.8 Å². The number of nitrogens with one attached hydrogen (secondary N) is 2. The van der Waals surface area contributed by atoms with Gasteiger partial charge in [0, 0.05) is 37.2 Å². The summed E-state index contributed by atoms with van der Waals surface area (Å²) >= 11 is 6.17. The number of hydrogen-bond donors (Lipinski definition) is 2. The Morgan fingerprint density at radius 1 is 1.14 bits per heavy atom. The predicted molar refractivity (Wildman–Crippen MR) is 114 cm³/mol. The fourth-order valence-corrected chi connectivity index (χ4v) is 3.34. The zero-order valence-corrected chi connectivity index (χ0v) is 16.5. The van der Waals surface area contributed by atoms with Gasteiger partial charge in [-0.2, -0.15) is 0 Å². The van der Waals surface area contributed by atoms with Gasteiger partial charge in [-0.05, 0) is 48.9 Å². The maximum absolute atomic E-state index is 12.3. The monoisotopic (exact) mass is 406 g/mol. The van der Waals surface area contributed by atoms with Crippen LogP contribution in [0.3, 0.4) is 0 Å². The first kappa shape index (κ1) is 18.9. The minimum Gasteiger partial charge on any atom is -0.336 e. The summed E-state index contributed by atoms with van der Waals surface area (Å²) in [6, 6.07) is 12.7. The van der Waals surface area contributed by atoms with E-state index in [2.05, 4.69) is 20.6 Å². The molecular weight excluding hydrogens is 388 g/mol. The van der Waals surface area contributed by atoms with Crippen molar-refractivity contribution in [3.63, 3.8) is 0 Å². The molecule has 1 aromatic carbocycles. The van der Waals surface area contributed by atoms with E-state index in [-0.39, 0.29) is 6.03 Å². The Kier molecular flexibility index (Phi) is 5.39. The number of fused-ring (bicyclic) bond motifs is 1. The number of anilines is 1. The van der Waals surface area contributed by atoms with Crippen LogP contribution >= 0.6 is 11.6 Å². The van der Waals surface area contributed by atoms with E-state index in [1.165, 1.54) is 0 Å². The maximum atomic E-state index is 12.3. The molecule has 0 aliphatic heterocycles. The van der Waals surface area contributed by atoms with Gasteiger partial charge in [-0.25, -0.2) is 14.8 Å². The number of hydrogen-bond acceptors (Lipinski definition) is 4. The number of urea groups is 1. The van der Waals surface area contributed by atoms with E-state index >= 15 is 0 Å². The van der Waals surface area contributed by atoms with Crippen molar-refractivity contribution in [1.29, 1.82) is 0 Å². The first-order valence-corrected chi connectivity index (χ1v) is 9.52. The van der Waals surface area contributed by atoms with E-state index in [0.717, 1.165) is 28.1 Å². The molecule has 0 unspecified atom stereocenters. The molecule has 0 aliphatic carbocycles. The van der Waals surface area contributed by atoms with Gasteiger partial charge < -0.3 is 15.2 Å². The second kappa shape index (κ2) is 8.28. The molecule has 0 fully saturated rings. The number of imidazole rings is 1. The highest BCUT2D eigenvalue weighted by atomic mass is 35.5. The number of benzene rings is 1. The molecule has 4 aromatic rings. The molecule has 0 atom stereocenters. The minimum atomic E-state index is -0.321. The van der Waals surface area contributed by atoms with Gasteiger partial charge in [-0.15, -0.1) is 0 Å². The molecule has 3 heterocycles. The molecule has 2 N–H and O–H groups in total. The van der Waals surface area contributed by atoms with Crippen molar-refractivity contribution in [3.8, 4) is 11.4 Å². The number of pyridine rings is 2. The number of nitrogens with zero attached hydrogens (tertiary/aromatic N) is 4. The summed E-state index contributed by atoms with van der Waals surface area (Å²) in [5, 5.41) is 6.13. The zero-order chi connectivity index (χ0) is 20.2. The molecule has 2 amide bonds.